The molecule has 1 atom stereocenters. The van der Waals surface area contributed by atoms with E-state index in [1.165, 1.54) is 22.0 Å². The van der Waals surface area contributed by atoms with E-state index in [-0.39, 0.29) is 0 Å². The molecule has 0 amide bonds. The van der Waals surface area contributed by atoms with Crippen molar-refractivity contribution in [3.05, 3.63) is 46.2 Å². The third-order valence-electron chi connectivity index (χ3n) is 3.41. The van der Waals surface area contributed by atoms with E-state index in [1.54, 1.807) is 0 Å². The first-order valence-electron chi connectivity index (χ1n) is 6.76. The van der Waals surface area contributed by atoms with E-state index in [4.69, 9.17) is 0 Å². The molecular formula is C16H18N2S. The number of benzene rings is 1. The zero-order chi connectivity index (χ0) is 13.2. The van der Waals surface area contributed by atoms with Crippen molar-refractivity contribution in [1.29, 1.82) is 0 Å². The van der Waals surface area contributed by atoms with E-state index < -0.39 is 0 Å². The summed E-state index contributed by atoms with van der Waals surface area (Å²) in [5, 5.41) is 0. The monoisotopic (exact) mass is 270 g/mol. The number of nitrogens with zero attached hydrogens (tertiary/aromatic N) is 2. The molecule has 0 saturated carbocycles. The van der Waals surface area contributed by atoms with E-state index in [9.17, 15) is 0 Å². The number of aryl methyl sites for hydroxylation is 1. The Hall–Kier alpha value is -1.61. The highest BCUT2D eigenvalue weighted by Gasteiger charge is 2.28. The second kappa shape index (κ2) is 5.17. The predicted octanol–water partition coefficient (Wildman–Crippen LogP) is 4.27. The summed E-state index contributed by atoms with van der Waals surface area (Å²) >= 11 is 1.81. The van der Waals surface area contributed by atoms with E-state index in [0.29, 0.717) is 6.04 Å². The Labute approximate surface area is 118 Å². The first-order valence-corrected chi connectivity index (χ1v) is 7.57. The summed E-state index contributed by atoms with van der Waals surface area (Å²) in [6.07, 6.45) is 3.06. The van der Waals surface area contributed by atoms with Gasteiger partial charge in [0.2, 0.25) is 0 Å². The zero-order valence-corrected chi connectivity index (χ0v) is 12.2. The number of thiophene rings is 1. The lowest BCUT2D eigenvalue weighted by Gasteiger charge is -2.03. The number of hydrogen-bond acceptors (Lipinski definition) is 3. The zero-order valence-electron chi connectivity index (χ0n) is 11.3. The molecule has 2 heterocycles. The Morgan fingerprint density at radius 2 is 2.00 bits per heavy atom. The molecule has 0 bridgehead atoms. The average Bonchev–Trinajstić information content (AvgIpc) is 3.00. The minimum atomic E-state index is 0.702. The summed E-state index contributed by atoms with van der Waals surface area (Å²) in [4.78, 5) is 9.54. The normalized spacial score (nSPS) is 18.2. The summed E-state index contributed by atoms with van der Waals surface area (Å²) in [7, 11) is 0. The largest absolute Gasteiger partial charge is 0.365 e. The van der Waals surface area contributed by atoms with E-state index in [0.717, 1.165) is 12.1 Å². The van der Waals surface area contributed by atoms with E-state index in [1.807, 2.05) is 17.6 Å². The fraction of sp³-hybridized carbons (Fsp3) is 0.312. The number of rotatable bonds is 4. The molecule has 1 aliphatic rings. The lowest BCUT2D eigenvalue weighted by Crippen LogP contribution is -1.93. The van der Waals surface area contributed by atoms with Gasteiger partial charge < -0.3 is 4.90 Å². The van der Waals surface area contributed by atoms with Gasteiger partial charge >= 0.3 is 0 Å². The van der Waals surface area contributed by atoms with Gasteiger partial charge in [0.15, 0.2) is 0 Å². The van der Waals surface area contributed by atoms with Crippen LogP contribution in [0.1, 0.15) is 23.6 Å². The van der Waals surface area contributed by atoms with Crippen LogP contribution in [0.3, 0.4) is 0 Å². The van der Waals surface area contributed by atoms with Crippen molar-refractivity contribution in [1.82, 2.24) is 0 Å². The Morgan fingerprint density at radius 1 is 1.26 bits per heavy atom. The van der Waals surface area contributed by atoms with Crippen LogP contribution in [0.2, 0.25) is 0 Å². The minimum absolute atomic E-state index is 0.702. The molecule has 98 valence electrons. The van der Waals surface area contributed by atoms with Gasteiger partial charge in [0.25, 0.3) is 0 Å². The molecule has 1 aromatic carbocycles. The molecule has 3 heteroatoms. The van der Waals surface area contributed by atoms with Gasteiger partial charge in [0.1, 0.15) is 0 Å². The Kier molecular flexibility index (Phi) is 3.38. The molecule has 1 fully saturated rings. The van der Waals surface area contributed by atoms with Crippen LogP contribution in [-0.2, 0) is 6.42 Å². The number of hydrogen-bond donors (Lipinski definition) is 0. The second-order valence-corrected chi connectivity index (χ2v) is 6.13. The Balaban J connectivity index is 1.69. The summed E-state index contributed by atoms with van der Waals surface area (Å²) in [5.41, 5.74) is 2.32. The summed E-state index contributed by atoms with van der Waals surface area (Å²) in [6, 6.07) is 13.5. The highest BCUT2D eigenvalue weighted by Crippen LogP contribution is 2.28. The fourth-order valence-corrected chi connectivity index (χ4v) is 2.94. The third kappa shape index (κ3) is 2.87. The maximum Gasteiger partial charge on any atom is 0.0631 e. The molecule has 2 nitrogen and oxygen atoms in total. The molecule has 1 unspecified atom stereocenters. The quantitative estimate of drug-likeness (QED) is 0.598. The predicted molar refractivity (Wildman–Crippen MR) is 84.2 cm³/mol. The summed E-state index contributed by atoms with van der Waals surface area (Å²) in [5.74, 6) is 0. The van der Waals surface area contributed by atoms with Crippen LogP contribution in [0.15, 0.2) is 41.4 Å². The molecule has 0 N–H and O–H groups in total. The second-order valence-electron chi connectivity index (χ2n) is 4.93. The van der Waals surface area contributed by atoms with Gasteiger partial charge in [0, 0.05) is 34.2 Å². The van der Waals surface area contributed by atoms with E-state index >= 15 is 0 Å². The SMILES string of the molecule is CCc1ccc(C=Nc2ccc(N3CC3C)cc2)s1. The molecule has 2 aromatic rings. The molecular weight excluding hydrogens is 252 g/mol. The highest BCUT2D eigenvalue weighted by molar-refractivity contribution is 7.13. The summed E-state index contributed by atoms with van der Waals surface area (Å²) < 4.78 is 0. The first kappa shape index (κ1) is 12.4. The average molecular weight is 270 g/mol. The molecule has 0 aliphatic carbocycles. The van der Waals surface area contributed by atoms with Gasteiger partial charge in [-0.15, -0.1) is 11.3 Å². The van der Waals surface area contributed by atoms with Crippen LogP contribution in [0.25, 0.3) is 0 Å². The van der Waals surface area contributed by atoms with Crippen molar-refractivity contribution in [3.8, 4) is 0 Å². The molecule has 19 heavy (non-hydrogen) atoms. The summed E-state index contributed by atoms with van der Waals surface area (Å²) in [6.45, 7) is 5.60. The maximum atomic E-state index is 4.53. The number of anilines is 1. The number of aliphatic imine (C=N–C) groups is 1. The van der Waals surface area contributed by atoms with Crippen molar-refractivity contribution >= 4 is 28.9 Å². The van der Waals surface area contributed by atoms with Crippen molar-refractivity contribution in [2.75, 3.05) is 11.4 Å². The van der Waals surface area contributed by atoms with Gasteiger partial charge in [-0.2, -0.15) is 0 Å². The first-order chi connectivity index (χ1) is 9.26. The maximum absolute atomic E-state index is 4.53. The van der Waals surface area contributed by atoms with Crippen molar-refractivity contribution in [2.24, 2.45) is 4.99 Å². The van der Waals surface area contributed by atoms with Crippen molar-refractivity contribution < 1.29 is 0 Å². The molecule has 1 aromatic heterocycles. The Morgan fingerprint density at radius 3 is 2.58 bits per heavy atom. The van der Waals surface area contributed by atoms with Gasteiger partial charge in [-0.1, -0.05) is 6.92 Å². The van der Waals surface area contributed by atoms with Gasteiger partial charge in [-0.3, -0.25) is 4.99 Å². The van der Waals surface area contributed by atoms with Crippen LogP contribution >= 0.6 is 11.3 Å². The van der Waals surface area contributed by atoms with Crippen LogP contribution in [0.5, 0.6) is 0 Å². The van der Waals surface area contributed by atoms with Crippen molar-refractivity contribution in [2.45, 2.75) is 26.3 Å². The van der Waals surface area contributed by atoms with Gasteiger partial charge in [-0.05, 0) is 49.7 Å². The molecule has 0 spiro atoms. The topological polar surface area (TPSA) is 15.4 Å². The minimum Gasteiger partial charge on any atom is -0.365 e. The van der Waals surface area contributed by atoms with Crippen molar-refractivity contribution in [3.63, 3.8) is 0 Å². The standard InChI is InChI=1S/C16H18N2S/c1-3-15-8-9-16(19-15)10-17-13-4-6-14(7-5-13)18-11-12(18)2/h4-10,12H,3,11H2,1-2H3. The molecule has 1 aliphatic heterocycles. The smallest absolute Gasteiger partial charge is 0.0631 e. The van der Waals surface area contributed by atoms with Crippen LogP contribution < -0.4 is 4.90 Å². The van der Waals surface area contributed by atoms with Crippen LogP contribution in [0.4, 0.5) is 11.4 Å². The van der Waals surface area contributed by atoms with Crippen LogP contribution in [0, 0.1) is 0 Å². The van der Waals surface area contributed by atoms with Gasteiger partial charge in [-0.25, -0.2) is 0 Å². The van der Waals surface area contributed by atoms with Gasteiger partial charge in [0.05, 0.1) is 5.69 Å². The lowest BCUT2D eigenvalue weighted by molar-refractivity contribution is 1.14. The lowest BCUT2D eigenvalue weighted by atomic mass is 10.3. The fourth-order valence-electron chi connectivity index (χ4n) is 2.12. The molecule has 3 rings (SSSR count). The van der Waals surface area contributed by atoms with E-state index in [2.05, 4.69) is 60.1 Å². The molecule has 1 saturated heterocycles. The highest BCUT2D eigenvalue weighted by atomic mass is 32.1. The van der Waals surface area contributed by atoms with Crippen LogP contribution in [-0.4, -0.2) is 18.8 Å². The Bertz CT molecular complexity index is 583. The molecule has 0 radical (unpaired) electrons. The third-order valence-corrected chi connectivity index (χ3v) is 4.58.